The lowest BCUT2D eigenvalue weighted by Gasteiger charge is -2.24. The summed E-state index contributed by atoms with van der Waals surface area (Å²) in [5.74, 6) is 0.432. The number of fused-ring (bicyclic) bond motifs is 1. The Morgan fingerprint density at radius 2 is 1.81 bits per heavy atom. The van der Waals surface area contributed by atoms with Gasteiger partial charge in [0.2, 0.25) is 0 Å². The third-order valence-corrected chi connectivity index (χ3v) is 7.89. The third kappa shape index (κ3) is 5.81. The number of hydrogen-bond acceptors (Lipinski definition) is 6. The van der Waals surface area contributed by atoms with Gasteiger partial charge in [0.05, 0.1) is 39.9 Å². The Labute approximate surface area is 216 Å². The van der Waals surface area contributed by atoms with E-state index in [0.717, 1.165) is 16.9 Å². The standard InChI is InChI=1S/C28H28N4O4S/c1-3-36-28(33)10-7-17-32(23-8-5-4-6-9-23)37(34,35)24-15-16-26-25(19-24)30-27(31(26)2)18-21-11-13-22(20-29)14-12-21/h4-6,8-9,11-16,19H,3,7,10,17-18H2,1-2H3. The summed E-state index contributed by atoms with van der Waals surface area (Å²) < 4.78 is 35.8. The fraction of sp³-hybridized carbons (Fsp3) is 0.250. The number of nitrogens with zero attached hydrogens (tertiary/aromatic N) is 4. The van der Waals surface area contributed by atoms with Crippen LogP contribution in [0.4, 0.5) is 5.69 Å². The van der Waals surface area contributed by atoms with Crippen molar-refractivity contribution in [3.8, 4) is 6.07 Å². The van der Waals surface area contributed by atoms with Crippen molar-refractivity contribution in [2.24, 2.45) is 7.05 Å². The molecule has 190 valence electrons. The predicted molar refractivity (Wildman–Crippen MR) is 142 cm³/mol. The van der Waals surface area contributed by atoms with Gasteiger partial charge in [0.15, 0.2) is 0 Å². The van der Waals surface area contributed by atoms with Crippen molar-refractivity contribution >= 4 is 32.7 Å². The van der Waals surface area contributed by atoms with Crippen molar-refractivity contribution in [2.45, 2.75) is 31.1 Å². The van der Waals surface area contributed by atoms with Crippen molar-refractivity contribution in [3.05, 3.63) is 89.7 Å². The SMILES string of the molecule is CCOC(=O)CCCN(c1ccccc1)S(=O)(=O)c1ccc2c(c1)nc(Cc1ccc(C#N)cc1)n2C. The van der Waals surface area contributed by atoms with Crippen LogP contribution in [0.5, 0.6) is 0 Å². The molecule has 37 heavy (non-hydrogen) atoms. The van der Waals surface area contributed by atoms with Gasteiger partial charge in [-0.15, -0.1) is 0 Å². The van der Waals surface area contributed by atoms with Gasteiger partial charge < -0.3 is 9.30 Å². The molecule has 0 bridgehead atoms. The molecule has 0 radical (unpaired) electrons. The number of esters is 1. The van der Waals surface area contributed by atoms with Crippen LogP contribution in [0.3, 0.4) is 0 Å². The van der Waals surface area contributed by atoms with E-state index >= 15 is 0 Å². The molecule has 0 aliphatic heterocycles. The summed E-state index contributed by atoms with van der Waals surface area (Å²) in [5, 5.41) is 9.02. The van der Waals surface area contributed by atoms with Gasteiger partial charge in [-0.2, -0.15) is 5.26 Å². The first-order valence-electron chi connectivity index (χ1n) is 12.0. The molecule has 0 amide bonds. The fourth-order valence-corrected chi connectivity index (χ4v) is 5.66. The number of carbonyl (C=O) groups is 1. The summed E-state index contributed by atoms with van der Waals surface area (Å²) in [7, 11) is -2.03. The average Bonchev–Trinajstić information content (AvgIpc) is 3.22. The highest BCUT2D eigenvalue weighted by atomic mass is 32.2. The molecule has 4 aromatic rings. The Kier molecular flexibility index (Phi) is 7.89. The van der Waals surface area contributed by atoms with Crippen LogP contribution in [0.2, 0.25) is 0 Å². The van der Waals surface area contributed by atoms with Crippen LogP contribution in [-0.4, -0.2) is 37.1 Å². The van der Waals surface area contributed by atoms with E-state index < -0.39 is 10.0 Å². The lowest BCUT2D eigenvalue weighted by atomic mass is 10.1. The Bertz CT molecular complexity index is 1540. The van der Waals surface area contributed by atoms with E-state index in [4.69, 9.17) is 15.0 Å². The molecule has 0 unspecified atom stereocenters. The molecule has 1 heterocycles. The van der Waals surface area contributed by atoms with Gasteiger partial charge >= 0.3 is 5.97 Å². The number of benzene rings is 3. The van der Waals surface area contributed by atoms with Crippen LogP contribution < -0.4 is 4.31 Å². The molecule has 4 rings (SSSR count). The first-order chi connectivity index (χ1) is 17.8. The van der Waals surface area contributed by atoms with Gasteiger partial charge in [0.1, 0.15) is 5.82 Å². The number of imidazole rings is 1. The molecular formula is C28H28N4O4S. The monoisotopic (exact) mass is 516 g/mol. The molecule has 0 atom stereocenters. The number of rotatable bonds is 10. The average molecular weight is 517 g/mol. The summed E-state index contributed by atoms with van der Waals surface area (Å²) in [6.45, 7) is 2.16. The summed E-state index contributed by atoms with van der Waals surface area (Å²) in [6, 6.07) is 23.2. The van der Waals surface area contributed by atoms with Crippen LogP contribution in [0.15, 0.2) is 77.7 Å². The highest BCUT2D eigenvalue weighted by molar-refractivity contribution is 7.92. The van der Waals surface area contributed by atoms with Crippen LogP contribution in [0.1, 0.15) is 36.7 Å². The minimum atomic E-state index is -3.92. The number of para-hydroxylation sites is 1. The number of aryl methyl sites for hydroxylation is 1. The van der Waals surface area contributed by atoms with Crippen LogP contribution >= 0.6 is 0 Å². The lowest BCUT2D eigenvalue weighted by molar-refractivity contribution is -0.143. The zero-order valence-corrected chi connectivity index (χ0v) is 21.6. The summed E-state index contributed by atoms with van der Waals surface area (Å²) >= 11 is 0. The van der Waals surface area contributed by atoms with Gasteiger partial charge in [-0.1, -0.05) is 30.3 Å². The van der Waals surface area contributed by atoms with Gasteiger partial charge in [0, 0.05) is 26.4 Å². The predicted octanol–water partition coefficient (Wildman–Crippen LogP) is 4.57. The van der Waals surface area contributed by atoms with E-state index in [9.17, 15) is 13.2 Å². The summed E-state index contributed by atoms with van der Waals surface area (Å²) in [5.41, 5.74) is 3.51. The fourth-order valence-electron chi connectivity index (χ4n) is 4.14. The molecule has 0 saturated heterocycles. The zero-order valence-electron chi connectivity index (χ0n) is 20.8. The molecule has 9 heteroatoms. The Hall–Kier alpha value is -4.16. The maximum absolute atomic E-state index is 13.8. The lowest BCUT2D eigenvalue weighted by Crippen LogP contribution is -2.32. The number of ether oxygens (including phenoxy) is 1. The molecular weight excluding hydrogens is 488 g/mol. The molecule has 0 fully saturated rings. The summed E-state index contributed by atoms with van der Waals surface area (Å²) in [6.07, 6.45) is 1.00. The highest BCUT2D eigenvalue weighted by Crippen LogP contribution is 2.27. The molecule has 0 N–H and O–H groups in total. The van der Waals surface area contributed by atoms with Crippen molar-refractivity contribution in [1.82, 2.24) is 9.55 Å². The first-order valence-corrected chi connectivity index (χ1v) is 13.4. The Morgan fingerprint density at radius 3 is 2.49 bits per heavy atom. The number of anilines is 1. The molecule has 0 aliphatic carbocycles. The minimum Gasteiger partial charge on any atom is -0.466 e. The van der Waals surface area contributed by atoms with Crippen LogP contribution in [0, 0.1) is 11.3 Å². The van der Waals surface area contributed by atoms with Crippen LogP contribution in [-0.2, 0) is 33.0 Å². The molecule has 1 aromatic heterocycles. The molecule has 3 aromatic carbocycles. The molecule has 0 aliphatic rings. The van der Waals surface area contributed by atoms with Crippen LogP contribution in [0.25, 0.3) is 11.0 Å². The maximum atomic E-state index is 13.8. The van der Waals surface area contributed by atoms with Crippen molar-refractivity contribution < 1.29 is 17.9 Å². The second-order valence-electron chi connectivity index (χ2n) is 8.54. The maximum Gasteiger partial charge on any atom is 0.305 e. The number of aromatic nitrogens is 2. The smallest absolute Gasteiger partial charge is 0.305 e. The topological polar surface area (TPSA) is 105 Å². The quantitative estimate of drug-likeness (QED) is 0.286. The second-order valence-corrected chi connectivity index (χ2v) is 10.4. The van der Waals surface area contributed by atoms with Crippen molar-refractivity contribution in [3.63, 3.8) is 0 Å². The second kappa shape index (κ2) is 11.3. The Morgan fingerprint density at radius 1 is 1.08 bits per heavy atom. The molecule has 0 saturated carbocycles. The normalized spacial score (nSPS) is 11.3. The van der Waals surface area contributed by atoms with Crippen molar-refractivity contribution in [2.75, 3.05) is 17.5 Å². The highest BCUT2D eigenvalue weighted by Gasteiger charge is 2.26. The number of hydrogen-bond donors (Lipinski definition) is 0. The van der Waals surface area contributed by atoms with Gasteiger partial charge in [0.25, 0.3) is 10.0 Å². The van der Waals surface area contributed by atoms with E-state index in [1.54, 1.807) is 61.5 Å². The van der Waals surface area contributed by atoms with E-state index in [2.05, 4.69) is 6.07 Å². The number of sulfonamides is 1. The van der Waals surface area contributed by atoms with Crippen molar-refractivity contribution in [1.29, 1.82) is 5.26 Å². The molecule has 0 spiro atoms. The number of carbonyl (C=O) groups excluding carboxylic acids is 1. The third-order valence-electron chi connectivity index (χ3n) is 6.07. The van der Waals surface area contributed by atoms with Gasteiger partial charge in [-0.25, -0.2) is 13.4 Å². The Balaban J connectivity index is 1.63. The largest absolute Gasteiger partial charge is 0.466 e. The van der Waals surface area contributed by atoms with Gasteiger partial charge in [-0.05, 0) is 61.4 Å². The van der Waals surface area contributed by atoms with E-state index in [1.165, 1.54) is 4.31 Å². The van der Waals surface area contributed by atoms with E-state index in [0.29, 0.717) is 29.6 Å². The molecule has 8 nitrogen and oxygen atoms in total. The minimum absolute atomic E-state index is 0.128. The van der Waals surface area contributed by atoms with E-state index in [-0.39, 0.29) is 30.4 Å². The zero-order chi connectivity index (χ0) is 26.4. The number of nitriles is 1. The van der Waals surface area contributed by atoms with Gasteiger partial charge in [-0.3, -0.25) is 9.10 Å². The summed E-state index contributed by atoms with van der Waals surface area (Å²) in [4.78, 5) is 16.7. The first kappa shape index (κ1) is 25.9. The van der Waals surface area contributed by atoms with E-state index in [1.807, 2.05) is 29.8 Å².